The van der Waals surface area contributed by atoms with Crippen molar-refractivity contribution in [2.45, 2.75) is 58.9 Å². The molecule has 0 amide bonds. The average Bonchev–Trinajstić information content (AvgIpc) is 2.69. The lowest BCUT2D eigenvalue weighted by Gasteiger charge is -2.15. The van der Waals surface area contributed by atoms with Gasteiger partial charge in [-0.2, -0.15) is 0 Å². The first-order chi connectivity index (χ1) is 7.76. The largest absolute Gasteiger partial charge is 0.314 e. The summed E-state index contributed by atoms with van der Waals surface area (Å²) in [5, 5.41) is 4.81. The standard InChI is InChI=1S/C13H24N2S/c1-4-6-7-12(5-2)14-9-8-13-10-15-11(3)16-13/h10,12,14H,4-9H2,1-3H3. The number of thiazole rings is 1. The van der Waals surface area contributed by atoms with Crippen LogP contribution in [-0.2, 0) is 6.42 Å². The first kappa shape index (κ1) is 13.7. The van der Waals surface area contributed by atoms with E-state index in [1.165, 1.54) is 35.6 Å². The van der Waals surface area contributed by atoms with E-state index in [0.29, 0.717) is 6.04 Å². The summed E-state index contributed by atoms with van der Waals surface area (Å²) in [7, 11) is 0. The van der Waals surface area contributed by atoms with Crippen LogP contribution in [0.5, 0.6) is 0 Å². The lowest BCUT2D eigenvalue weighted by Crippen LogP contribution is -2.30. The smallest absolute Gasteiger partial charge is 0.0896 e. The maximum absolute atomic E-state index is 4.27. The number of unbranched alkanes of at least 4 members (excludes halogenated alkanes) is 1. The molecule has 0 saturated carbocycles. The molecule has 1 atom stereocenters. The summed E-state index contributed by atoms with van der Waals surface area (Å²) in [5.74, 6) is 0. The van der Waals surface area contributed by atoms with Crippen LogP contribution in [0.4, 0.5) is 0 Å². The molecule has 0 aliphatic rings. The summed E-state index contributed by atoms with van der Waals surface area (Å²) in [6.45, 7) is 7.68. The molecule has 0 fully saturated rings. The Morgan fingerprint density at radius 2 is 2.25 bits per heavy atom. The number of aromatic nitrogens is 1. The zero-order valence-electron chi connectivity index (χ0n) is 10.8. The molecule has 0 aromatic carbocycles. The van der Waals surface area contributed by atoms with Crippen LogP contribution in [0.15, 0.2) is 6.20 Å². The Hall–Kier alpha value is -0.410. The van der Waals surface area contributed by atoms with E-state index in [2.05, 4.69) is 31.1 Å². The lowest BCUT2D eigenvalue weighted by atomic mass is 10.1. The average molecular weight is 240 g/mol. The second-order valence-corrected chi connectivity index (χ2v) is 5.62. The van der Waals surface area contributed by atoms with Crippen molar-refractivity contribution in [3.05, 3.63) is 16.1 Å². The van der Waals surface area contributed by atoms with Gasteiger partial charge >= 0.3 is 0 Å². The van der Waals surface area contributed by atoms with Crippen LogP contribution in [0.2, 0.25) is 0 Å². The van der Waals surface area contributed by atoms with Crippen molar-refractivity contribution >= 4 is 11.3 Å². The molecule has 1 aromatic rings. The fourth-order valence-corrected chi connectivity index (χ4v) is 2.62. The van der Waals surface area contributed by atoms with Gasteiger partial charge in [0.15, 0.2) is 0 Å². The fourth-order valence-electron chi connectivity index (χ4n) is 1.82. The van der Waals surface area contributed by atoms with Gasteiger partial charge in [0.1, 0.15) is 0 Å². The van der Waals surface area contributed by atoms with Gasteiger partial charge in [0.25, 0.3) is 0 Å². The summed E-state index contributed by atoms with van der Waals surface area (Å²) in [5.41, 5.74) is 0. The van der Waals surface area contributed by atoms with Crippen molar-refractivity contribution in [1.82, 2.24) is 10.3 Å². The van der Waals surface area contributed by atoms with E-state index in [1.807, 2.05) is 17.5 Å². The van der Waals surface area contributed by atoms with Gasteiger partial charge in [-0.1, -0.05) is 26.7 Å². The van der Waals surface area contributed by atoms with E-state index in [4.69, 9.17) is 0 Å². The van der Waals surface area contributed by atoms with Crippen molar-refractivity contribution < 1.29 is 0 Å². The highest BCUT2D eigenvalue weighted by Gasteiger charge is 2.05. The van der Waals surface area contributed by atoms with Gasteiger partial charge in [0, 0.05) is 23.7 Å². The molecule has 16 heavy (non-hydrogen) atoms. The Balaban J connectivity index is 2.17. The van der Waals surface area contributed by atoms with E-state index >= 15 is 0 Å². The second-order valence-electron chi connectivity index (χ2n) is 4.30. The predicted molar refractivity (Wildman–Crippen MR) is 72.2 cm³/mol. The SMILES string of the molecule is CCCCC(CC)NCCc1cnc(C)s1. The van der Waals surface area contributed by atoms with Crippen LogP contribution in [0.3, 0.4) is 0 Å². The molecule has 92 valence electrons. The van der Waals surface area contributed by atoms with Crippen LogP contribution in [0, 0.1) is 6.92 Å². The molecular weight excluding hydrogens is 216 g/mol. The Labute approximate surface area is 103 Å². The van der Waals surface area contributed by atoms with Gasteiger partial charge in [0.2, 0.25) is 0 Å². The predicted octanol–water partition coefficient (Wildman–Crippen LogP) is 3.55. The van der Waals surface area contributed by atoms with Gasteiger partial charge in [-0.15, -0.1) is 11.3 Å². The number of hydrogen-bond acceptors (Lipinski definition) is 3. The number of nitrogens with zero attached hydrogens (tertiary/aromatic N) is 1. The van der Waals surface area contributed by atoms with Gasteiger partial charge in [0.05, 0.1) is 5.01 Å². The van der Waals surface area contributed by atoms with Crippen molar-refractivity contribution in [3.63, 3.8) is 0 Å². The molecule has 1 rings (SSSR count). The number of rotatable bonds is 8. The molecule has 0 aliphatic heterocycles. The molecular formula is C13H24N2S. The Morgan fingerprint density at radius 1 is 1.44 bits per heavy atom. The number of nitrogens with one attached hydrogen (secondary N) is 1. The molecule has 0 saturated heterocycles. The van der Waals surface area contributed by atoms with E-state index in [-0.39, 0.29) is 0 Å². The summed E-state index contributed by atoms with van der Waals surface area (Å²) in [6, 6.07) is 0.703. The van der Waals surface area contributed by atoms with E-state index in [1.54, 1.807) is 0 Å². The van der Waals surface area contributed by atoms with E-state index in [9.17, 15) is 0 Å². The minimum atomic E-state index is 0.703. The van der Waals surface area contributed by atoms with Crippen molar-refractivity contribution in [2.24, 2.45) is 0 Å². The Kier molecular flexibility index (Phi) is 6.65. The molecule has 0 spiro atoms. The van der Waals surface area contributed by atoms with Gasteiger partial charge < -0.3 is 5.32 Å². The highest BCUT2D eigenvalue weighted by atomic mass is 32.1. The lowest BCUT2D eigenvalue weighted by molar-refractivity contribution is 0.456. The van der Waals surface area contributed by atoms with Gasteiger partial charge in [-0.05, 0) is 26.2 Å². The van der Waals surface area contributed by atoms with Crippen LogP contribution >= 0.6 is 11.3 Å². The molecule has 1 aromatic heterocycles. The maximum Gasteiger partial charge on any atom is 0.0896 e. The summed E-state index contributed by atoms with van der Waals surface area (Å²) < 4.78 is 0. The zero-order valence-corrected chi connectivity index (χ0v) is 11.6. The third-order valence-corrected chi connectivity index (χ3v) is 3.85. The summed E-state index contributed by atoms with van der Waals surface area (Å²) in [4.78, 5) is 5.67. The Bertz CT molecular complexity index is 283. The molecule has 0 bridgehead atoms. The third-order valence-electron chi connectivity index (χ3n) is 2.87. The van der Waals surface area contributed by atoms with Crippen LogP contribution in [-0.4, -0.2) is 17.6 Å². The van der Waals surface area contributed by atoms with Gasteiger partial charge in [-0.3, -0.25) is 0 Å². The molecule has 0 aliphatic carbocycles. The summed E-state index contributed by atoms with van der Waals surface area (Å²) in [6.07, 6.45) is 8.32. The number of aryl methyl sites for hydroxylation is 1. The molecule has 1 N–H and O–H groups in total. The van der Waals surface area contributed by atoms with Crippen LogP contribution in [0.25, 0.3) is 0 Å². The van der Waals surface area contributed by atoms with Crippen LogP contribution in [0.1, 0.15) is 49.4 Å². The van der Waals surface area contributed by atoms with E-state index in [0.717, 1.165) is 13.0 Å². The van der Waals surface area contributed by atoms with Crippen LogP contribution < -0.4 is 5.32 Å². The van der Waals surface area contributed by atoms with E-state index < -0.39 is 0 Å². The van der Waals surface area contributed by atoms with Crippen molar-refractivity contribution in [2.75, 3.05) is 6.54 Å². The Morgan fingerprint density at radius 3 is 2.81 bits per heavy atom. The zero-order chi connectivity index (χ0) is 11.8. The fraction of sp³-hybridized carbons (Fsp3) is 0.769. The van der Waals surface area contributed by atoms with Crippen molar-refractivity contribution in [3.8, 4) is 0 Å². The first-order valence-corrected chi connectivity index (χ1v) is 7.22. The quantitative estimate of drug-likeness (QED) is 0.751. The molecule has 0 radical (unpaired) electrons. The molecule has 1 unspecified atom stereocenters. The third kappa shape index (κ3) is 5.08. The molecule has 1 heterocycles. The topological polar surface area (TPSA) is 24.9 Å². The highest BCUT2D eigenvalue weighted by Crippen LogP contribution is 2.12. The van der Waals surface area contributed by atoms with Crippen molar-refractivity contribution in [1.29, 1.82) is 0 Å². The number of hydrogen-bond donors (Lipinski definition) is 1. The second kappa shape index (κ2) is 7.80. The van der Waals surface area contributed by atoms with Gasteiger partial charge in [-0.25, -0.2) is 4.98 Å². The maximum atomic E-state index is 4.27. The monoisotopic (exact) mass is 240 g/mol. The summed E-state index contributed by atoms with van der Waals surface area (Å²) >= 11 is 1.81. The minimum absolute atomic E-state index is 0.703. The minimum Gasteiger partial charge on any atom is -0.314 e. The molecule has 3 heteroatoms. The molecule has 2 nitrogen and oxygen atoms in total. The first-order valence-electron chi connectivity index (χ1n) is 6.41. The highest BCUT2D eigenvalue weighted by molar-refractivity contribution is 7.11. The normalized spacial score (nSPS) is 12.9.